The number of hydrogen-bond donors (Lipinski definition) is 1. The molecule has 0 radical (unpaired) electrons. The van der Waals surface area contributed by atoms with E-state index < -0.39 is 12.0 Å². The molecule has 1 aliphatic carbocycles. The van der Waals surface area contributed by atoms with Gasteiger partial charge < -0.3 is 9.84 Å². The Labute approximate surface area is 123 Å². The summed E-state index contributed by atoms with van der Waals surface area (Å²) in [6.45, 7) is 0.413. The molecule has 0 aromatic heterocycles. The zero-order valence-corrected chi connectivity index (χ0v) is 11.5. The third-order valence-corrected chi connectivity index (χ3v) is 4.61. The first-order valence-corrected chi connectivity index (χ1v) is 7.30. The number of carbonyl (C=O) groups is 1. The SMILES string of the molecule is O=C1OCC[C@@H]1[C@@H](O)C1c2ccccc2-c2ccccc21. The van der Waals surface area contributed by atoms with Gasteiger partial charge in [0.15, 0.2) is 0 Å². The largest absolute Gasteiger partial charge is 0.465 e. The van der Waals surface area contributed by atoms with Crippen LogP contribution in [0.15, 0.2) is 48.5 Å². The number of fused-ring (bicyclic) bond motifs is 3. The van der Waals surface area contributed by atoms with Gasteiger partial charge in [0.2, 0.25) is 0 Å². The summed E-state index contributed by atoms with van der Waals surface area (Å²) >= 11 is 0. The van der Waals surface area contributed by atoms with Crippen LogP contribution in [0.5, 0.6) is 0 Å². The topological polar surface area (TPSA) is 46.5 Å². The van der Waals surface area contributed by atoms with E-state index in [0.29, 0.717) is 13.0 Å². The van der Waals surface area contributed by atoms with Gasteiger partial charge in [0, 0.05) is 5.92 Å². The van der Waals surface area contributed by atoms with Crippen molar-refractivity contribution in [3.05, 3.63) is 59.7 Å². The van der Waals surface area contributed by atoms with Crippen LogP contribution >= 0.6 is 0 Å². The van der Waals surface area contributed by atoms with E-state index in [0.717, 1.165) is 22.3 Å². The lowest BCUT2D eigenvalue weighted by molar-refractivity contribution is -0.144. The average molecular weight is 280 g/mol. The van der Waals surface area contributed by atoms with Crippen LogP contribution in [0, 0.1) is 5.92 Å². The number of aliphatic hydroxyl groups excluding tert-OH is 1. The number of esters is 1. The summed E-state index contributed by atoms with van der Waals surface area (Å²) in [4.78, 5) is 11.8. The van der Waals surface area contributed by atoms with E-state index in [1.54, 1.807) is 0 Å². The molecule has 2 aromatic rings. The summed E-state index contributed by atoms with van der Waals surface area (Å²) in [7, 11) is 0. The Morgan fingerprint density at radius 1 is 1.00 bits per heavy atom. The molecule has 21 heavy (non-hydrogen) atoms. The number of benzene rings is 2. The fourth-order valence-corrected chi connectivity index (χ4v) is 3.62. The van der Waals surface area contributed by atoms with Gasteiger partial charge in [-0.25, -0.2) is 0 Å². The smallest absolute Gasteiger partial charge is 0.311 e. The summed E-state index contributed by atoms with van der Waals surface area (Å²) in [5.41, 5.74) is 4.52. The summed E-state index contributed by atoms with van der Waals surface area (Å²) in [6.07, 6.45) is -0.134. The van der Waals surface area contributed by atoms with Crippen molar-refractivity contribution in [2.45, 2.75) is 18.4 Å². The normalized spacial score (nSPS) is 21.8. The predicted octanol–water partition coefficient (Wildman–Crippen LogP) is 2.72. The Balaban J connectivity index is 1.83. The highest BCUT2D eigenvalue weighted by Crippen LogP contribution is 2.48. The van der Waals surface area contributed by atoms with E-state index in [1.807, 2.05) is 36.4 Å². The highest BCUT2D eigenvalue weighted by atomic mass is 16.5. The highest BCUT2D eigenvalue weighted by Gasteiger charge is 2.42. The van der Waals surface area contributed by atoms with Gasteiger partial charge in [-0.1, -0.05) is 48.5 Å². The molecule has 2 aliphatic rings. The van der Waals surface area contributed by atoms with E-state index in [2.05, 4.69) is 12.1 Å². The maximum Gasteiger partial charge on any atom is 0.311 e. The van der Waals surface area contributed by atoms with Gasteiger partial charge in [-0.05, 0) is 28.7 Å². The number of cyclic esters (lactones) is 1. The molecule has 2 atom stereocenters. The molecule has 3 nitrogen and oxygen atoms in total. The number of hydrogen-bond acceptors (Lipinski definition) is 3. The summed E-state index contributed by atoms with van der Waals surface area (Å²) < 4.78 is 5.02. The molecule has 1 aliphatic heterocycles. The lowest BCUT2D eigenvalue weighted by Crippen LogP contribution is -2.30. The Morgan fingerprint density at radius 2 is 1.57 bits per heavy atom. The maximum absolute atomic E-state index is 11.8. The number of carbonyl (C=O) groups excluding carboxylic acids is 1. The van der Waals surface area contributed by atoms with Gasteiger partial charge in [0.1, 0.15) is 0 Å². The van der Waals surface area contributed by atoms with Crippen molar-refractivity contribution in [1.29, 1.82) is 0 Å². The fourth-order valence-electron chi connectivity index (χ4n) is 3.62. The lowest BCUT2D eigenvalue weighted by Gasteiger charge is -2.23. The Bertz CT molecular complexity index is 662. The van der Waals surface area contributed by atoms with Crippen LogP contribution in [0.3, 0.4) is 0 Å². The molecule has 1 N–H and O–H groups in total. The minimum Gasteiger partial charge on any atom is -0.465 e. The van der Waals surface area contributed by atoms with E-state index >= 15 is 0 Å². The second kappa shape index (κ2) is 4.71. The molecular weight excluding hydrogens is 264 g/mol. The van der Waals surface area contributed by atoms with Crippen LogP contribution in [-0.2, 0) is 9.53 Å². The molecule has 2 aromatic carbocycles. The minimum atomic E-state index is -0.732. The Morgan fingerprint density at radius 3 is 2.10 bits per heavy atom. The monoisotopic (exact) mass is 280 g/mol. The number of aliphatic hydroxyl groups is 1. The highest BCUT2D eigenvalue weighted by molar-refractivity contribution is 5.80. The van der Waals surface area contributed by atoms with Crippen LogP contribution in [0.2, 0.25) is 0 Å². The number of rotatable bonds is 2. The fraction of sp³-hybridized carbons (Fsp3) is 0.278. The van der Waals surface area contributed by atoms with Gasteiger partial charge >= 0.3 is 5.97 Å². The maximum atomic E-state index is 11.8. The molecule has 1 fully saturated rings. The van der Waals surface area contributed by atoms with Crippen molar-refractivity contribution in [3.8, 4) is 11.1 Å². The van der Waals surface area contributed by atoms with Crippen LogP contribution in [0.4, 0.5) is 0 Å². The third kappa shape index (κ3) is 1.81. The third-order valence-electron chi connectivity index (χ3n) is 4.61. The van der Waals surface area contributed by atoms with E-state index in [1.165, 1.54) is 0 Å². The average Bonchev–Trinajstić information content (AvgIpc) is 3.08. The zero-order chi connectivity index (χ0) is 14.4. The van der Waals surface area contributed by atoms with Crippen LogP contribution in [0.1, 0.15) is 23.5 Å². The van der Waals surface area contributed by atoms with Crippen LogP contribution < -0.4 is 0 Å². The van der Waals surface area contributed by atoms with Crippen molar-refractivity contribution in [3.63, 3.8) is 0 Å². The lowest BCUT2D eigenvalue weighted by atomic mass is 9.83. The molecule has 0 saturated carbocycles. The second-order valence-corrected chi connectivity index (χ2v) is 5.71. The van der Waals surface area contributed by atoms with Crippen molar-refractivity contribution in [2.75, 3.05) is 6.61 Å². The van der Waals surface area contributed by atoms with Crippen LogP contribution in [-0.4, -0.2) is 23.8 Å². The van der Waals surface area contributed by atoms with Gasteiger partial charge in [0.05, 0.1) is 18.6 Å². The second-order valence-electron chi connectivity index (χ2n) is 5.71. The van der Waals surface area contributed by atoms with E-state index in [9.17, 15) is 9.90 Å². The molecule has 4 rings (SSSR count). The minimum absolute atomic E-state index is 0.145. The quantitative estimate of drug-likeness (QED) is 0.860. The number of ether oxygens (including phenoxy) is 1. The van der Waals surface area contributed by atoms with Crippen molar-refractivity contribution >= 4 is 5.97 Å². The summed E-state index contributed by atoms with van der Waals surface area (Å²) in [6, 6.07) is 16.2. The molecule has 0 spiro atoms. The van der Waals surface area contributed by atoms with Crippen molar-refractivity contribution in [1.82, 2.24) is 0 Å². The van der Waals surface area contributed by atoms with E-state index in [-0.39, 0.29) is 11.9 Å². The van der Waals surface area contributed by atoms with Gasteiger partial charge in [-0.15, -0.1) is 0 Å². The molecule has 0 unspecified atom stereocenters. The summed E-state index contributed by atoms with van der Waals surface area (Å²) in [5.74, 6) is -0.841. The van der Waals surface area contributed by atoms with E-state index in [4.69, 9.17) is 4.74 Å². The van der Waals surface area contributed by atoms with Gasteiger partial charge in [-0.2, -0.15) is 0 Å². The zero-order valence-electron chi connectivity index (χ0n) is 11.5. The van der Waals surface area contributed by atoms with Gasteiger partial charge in [0.25, 0.3) is 0 Å². The Kier molecular flexibility index (Phi) is 2.82. The summed E-state index contributed by atoms with van der Waals surface area (Å²) in [5, 5.41) is 10.8. The first kappa shape index (κ1) is 12.6. The molecule has 3 heteroatoms. The standard InChI is InChI=1S/C18H16O3/c19-17(15-9-10-21-18(15)20)16-13-7-3-1-5-11(13)12-6-2-4-8-14(12)16/h1-8,15-17,19H,9-10H2/t15-,17-/m1/s1. The molecule has 0 amide bonds. The first-order valence-electron chi connectivity index (χ1n) is 7.30. The molecule has 1 heterocycles. The predicted molar refractivity (Wildman–Crippen MR) is 78.8 cm³/mol. The molecule has 0 bridgehead atoms. The molecule has 1 saturated heterocycles. The van der Waals surface area contributed by atoms with Crippen molar-refractivity contribution < 1.29 is 14.6 Å². The van der Waals surface area contributed by atoms with Crippen molar-refractivity contribution in [2.24, 2.45) is 5.92 Å². The molecule has 106 valence electrons. The van der Waals surface area contributed by atoms with Gasteiger partial charge in [-0.3, -0.25) is 4.79 Å². The Hall–Kier alpha value is -2.13. The molecular formula is C18H16O3. The van der Waals surface area contributed by atoms with Crippen LogP contribution in [0.25, 0.3) is 11.1 Å². The first-order chi connectivity index (χ1) is 10.3.